The molecule has 0 spiro atoms. The average molecular weight is 392 g/mol. The summed E-state index contributed by atoms with van der Waals surface area (Å²) in [5, 5.41) is 21.4. The van der Waals surface area contributed by atoms with E-state index < -0.39 is 35.8 Å². The van der Waals surface area contributed by atoms with Gasteiger partial charge in [-0.2, -0.15) is 0 Å². The minimum atomic E-state index is -1.34. The van der Waals surface area contributed by atoms with Crippen LogP contribution in [0.15, 0.2) is 39.5 Å². The van der Waals surface area contributed by atoms with Crippen molar-refractivity contribution in [3.63, 3.8) is 0 Å². The van der Waals surface area contributed by atoms with Crippen molar-refractivity contribution in [1.82, 2.24) is 29.1 Å². The minimum Gasteiger partial charge on any atom is -0.387 e. The van der Waals surface area contributed by atoms with E-state index in [2.05, 4.69) is 19.9 Å². The molecular formula is C15H16N6O5S. The zero-order valence-electron chi connectivity index (χ0n) is 14.1. The van der Waals surface area contributed by atoms with Crippen LogP contribution in [0.3, 0.4) is 0 Å². The summed E-state index contributed by atoms with van der Waals surface area (Å²) < 4.78 is 8.44. The Hall–Kier alpha value is -2.54. The largest absolute Gasteiger partial charge is 0.387 e. The molecule has 0 radical (unpaired) electrons. The van der Waals surface area contributed by atoms with E-state index in [0.29, 0.717) is 11.2 Å². The van der Waals surface area contributed by atoms with Crippen molar-refractivity contribution in [3.05, 3.63) is 45.8 Å². The number of nitrogens with one attached hydrogen (secondary N) is 1. The monoisotopic (exact) mass is 392 g/mol. The molecule has 12 heteroatoms. The molecule has 4 rings (SSSR count). The molecule has 1 aliphatic rings. The van der Waals surface area contributed by atoms with Crippen LogP contribution in [0.2, 0.25) is 0 Å². The molecule has 3 aromatic heterocycles. The van der Waals surface area contributed by atoms with Crippen molar-refractivity contribution in [1.29, 1.82) is 0 Å². The van der Waals surface area contributed by atoms with Crippen LogP contribution in [0.5, 0.6) is 0 Å². The molecule has 142 valence electrons. The molecule has 0 aliphatic carbocycles. The molecule has 0 bridgehead atoms. The van der Waals surface area contributed by atoms with E-state index >= 15 is 0 Å². The van der Waals surface area contributed by atoms with Crippen LogP contribution in [0, 0.1) is 0 Å². The molecule has 3 aromatic rings. The van der Waals surface area contributed by atoms with Crippen molar-refractivity contribution < 1.29 is 14.9 Å². The summed E-state index contributed by atoms with van der Waals surface area (Å²) in [6.45, 7) is 0.161. The van der Waals surface area contributed by atoms with Gasteiger partial charge in [0.25, 0.3) is 5.56 Å². The molecule has 0 saturated carbocycles. The Balaban J connectivity index is 1.62. The van der Waals surface area contributed by atoms with Gasteiger partial charge in [0.1, 0.15) is 35.2 Å². The van der Waals surface area contributed by atoms with E-state index in [1.165, 1.54) is 24.3 Å². The molecule has 0 unspecified atom stereocenters. The first kappa shape index (κ1) is 17.9. The van der Waals surface area contributed by atoms with Gasteiger partial charge in [-0.25, -0.2) is 19.7 Å². The Labute approximate surface area is 155 Å². The maximum absolute atomic E-state index is 11.9. The number of ether oxygens (including phenoxy) is 1. The average Bonchev–Trinajstić information content (AvgIpc) is 3.18. The molecule has 1 saturated heterocycles. The Morgan fingerprint density at radius 2 is 2.07 bits per heavy atom. The van der Waals surface area contributed by atoms with Gasteiger partial charge in [0.2, 0.25) is 0 Å². The highest BCUT2D eigenvalue weighted by Gasteiger charge is 2.44. The first-order valence-electron chi connectivity index (χ1n) is 8.02. The van der Waals surface area contributed by atoms with Crippen LogP contribution in [0.4, 0.5) is 0 Å². The van der Waals surface area contributed by atoms with Gasteiger partial charge in [-0.1, -0.05) is 0 Å². The fourth-order valence-electron chi connectivity index (χ4n) is 3.07. The van der Waals surface area contributed by atoms with Crippen molar-refractivity contribution in [2.24, 2.45) is 0 Å². The molecule has 1 aliphatic heterocycles. The molecule has 0 amide bonds. The lowest BCUT2D eigenvalue weighted by atomic mass is 10.1. The summed E-state index contributed by atoms with van der Waals surface area (Å²) in [6.07, 6.45) is 1.56. The number of H-pyrrole nitrogens is 1. The lowest BCUT2D eigenvalue weighted by Crippen LogP contribution is -2.37. The van der Waals surface area contributed by atoms with Gasteiger partial charge < -0.3 is 19.5 Å². The number of thioether (sulfide) groups is 1. The summed E-state index contributed by atoms with van der Waals surface area (Å²) in [6, 6.07) is 1.14. The quantitative estimate of drug-likeness (QED) is 0.364. The fraction of sp³-hybridized carbons (Fsp3) is 0.400. The standard InChI is InChI=1S/C15H16N6O5S/c1-27-13-9-12(16-5-17-13)20(6-18-9)4-7-10(23)11(24)14(26-7)21-3-2-8(22)19-15(21)25/h2-3,5-7,10-11,14,23-24H,4H2,1H3,(H,19,22,25)/t7-,10-,11-,14-/m1/s1. The topological polar surface area (TPSA) is 148 Å². The Kier molecular flexibility index (Phi) is 4.55. The number of aliphatic hydroxyl groups is 2. The number of aromatic nitrogens is 6. The third-order valence-electron chi connectivity index (χ3n) is 4.40. The number of hydrogen-bond acceptors (Lipinski definition) is 9. The SMILES string of the molecule is CSc1ncnc2c1ncn2C[C@H]1O[C@@H](n2ccc(=O)[nH]c2=O)[C@H](O)[C@@H]1O. The second-order valence-corrected chi connectivity index (χ2v) is 6.81. The normalized spacial score (nSPS) is 25.3. The van der Waals surface area contributed by atoms with Gasteiger partial charge in [-0.15, -0.1) is 11.8 Å². The Morgan fingerprint density at radius 1 is 1.26 bits per heavy atom. The number of aliphatic hydroxyl groups excluding tert-OH is 2. The van der Waals surface area contributed by atoms with Crippen LogP contribution in [-0.4, -0.2) is 63.9 Å². The first-order chi connectivity index (χ1) is 13.0. The van der Waals surface area contributed by atoms with Crippen molar-refractivity contribution in [2.45, 2.75) is 36.1 Å². The highest BCUT2D eigenvalue weighted by molar-refractivity contribution is 7.98. The van der Waals surface area contributed by atoms with Crippen molar-refractivity contribution in [3.8, 4) is 0 Å². The molecule has 1 fully saturated rings. The van der Waals surface area contributed by atoms with Gasteiger partial charge in [0.15, 0.2) is 11.9 Å². The zero-order valence-corrected chi connectivity index (χ0v) is 14.9. The van der Waals surface area contributed by atoms with Crippen LogP contribution < -0.4 is 11.2 Å². The summed E-state index contributed by atoms with van der Waals surface area (Å²) >= 11 is 1.44. The minimum absolute atomic E-state index is 0.161. The number of aromatic amines is 1. The predicted molar refractivity (Wildman–Crippen MR) is 94.4 cm³/mol. The lowest BCUT2D eigenvalue weighted by molar-refractivity contribution is -0.0438. The first-order valence-corrected chi connectivity index (χ1v) is 9.25. The smallest absolute Gasteiger partial charge is 0.330 e. The fourth-order valence-corrected chi connectivity index (χ4v) is 3.56. The van der Waals surface area contributed by atoms with Crippen molar-refractivity contribution >= 4 is 22.9 Å². The maximum Gasteiger partial charge on any atom is 0.330 e. The Morgan fingerprint density at radius 3 is 2.81 bits per heavy atom. The third kappa shape index (κ3) is 3.06. The molecule has 4 heterocycles. The number of nitrogens with zero attached hydrogens (tertiary/aromatic N) is 5. The summed E-state index contributed by atoms with van der Waals surface area (Å²) in [5.41, 5.74) is -0.0874. The van der Waals surface area contributed by atoms with Gasteiger partial charge in [-0.3, -0.25) is 14.3 Å². The predicted octanol–water partition coefficient (Wildman–Crippen LogP) is -1.28. The number of rotatable bonds is 4. The third-order valence-corrected chi connectivity index (χ3v) is 5.09. The van der Waals surface area contributed by atoms with Gasteiger partial charge >= 0.3 is 5.69 Å². The number of fused-ring (bicyclic) bond motifs is 1. The van der Waals surface area contributed by atoms with E-state index in [1.807, 2.05) is 6.26 Å². The van der Waals surface area contributed by atoms with Crippen LogP contribution >= 0.6 is 11.8 Å². The van der Waals surface area contributed by atoms with E-state index in [-0.39, 0.29) is 6.54 Å². The summed E-state index contributed by atoms with van der Waals surface area (Å²) in [5.74, 6) is 0. The number of hydrogen-bond donors (Lipinski definition) is 3. The number of imidazole rings is 1. The summed E-state index contributed by atoms with van der Waals surface area (Å²) in [7, 11) is 0. The van der Waals surface area contributed by atoms with Gasteiger partial charge in [-0.05, 0) is 6.26 Å². The molecule has 4 atom stereocenters. The summed E-state index contributed by atoms with van der Waals surface area (Å²) in [4.78, 5) is 37.9. The van der Waals surface area contributed by atoms with E-state index in [0.717, 1.165) is 15.7 Å². The van der Waals surface area contributed by atoms with E-state index in [1.54, 1.807) is 10.9 Å². The highest BCUT2D eigenvalue weighted by atomic mass is 32.2. The van der Waals surface area contributed by atoms with Crippen LogP contribution in [-0.2, 0) is 11.3 Å². The van der Waals surface area contributed by atoms with Crippen molar-refractivity contribution in [2.75, 3.05) is 6.26 Å². The van der Waals surface area contributed by atoms with Crippen LogP contribution in [0.25, 0.3) is 11.2 Å². The van der Waals surface area contributed by atoms with Gasteiger partial charge in [0.05, 0.1) is 12.9 Å². The molecule has 27 heavy (non-hydrogen) atoms. The zero-order chi connectivity index (χ0) is 19.1. The lowest BCUT2D eigenvalue weighted by Gasteiger charge is -2.16. The highest BCUT2D eigenvalue weighted by Crippen LogP contribution is 2.30. The molecule has 11 nitrogen and oxygen atoms in total. The molecule has 3 N–H and O–H groups in total. The molecule has 0 aromatic carbocycles. The van der Waals surface area contributed by atoms with E-state index in [9.17, 15) is 19.8 Å². The molecular weight excluding hydrogens is 376 g/mol. The van der Waals surface area contributed by atoms with Gasteiger partial charge in [0, 0.05) is 12.3 Å². The Bertz CT molecular complexity index is 1090. The van der Waals surface area contributed by atoms with E-state index in [4.69, 9.17) is 4.74 Å². The second kappa shape index (κ2) is 6.88. The second-order valence-electron chi connectivity index (χ2n) is 6.02. The van der Waals surface area contributed by atoms with Crippen LogP contribution in [0.1, 0.15) is 6.23 Å². The maximum atomic E-state index is 11.9.